The maximum absolute atomic E-state index is 12.2. The first-order valence-electron chi connectivity index (χ1n) is 13.4. The summed E-state index contributed by atoms with van der Waals surface area (Å²) in [5.41, 5.74) is 0.910. The van der Waals surface area contributed by atoms with E-state index in [2.05, 4.69) is 0 Å². The third kappa shape index (κ3) is 5.87. The average Bonchev–Trinajstić information content (AvgIpc) is 3.78. The van der Waals surface area contributed by atoms with Crippen LogP contribution in [-0.2, 0) is 52.2 Å². The Hall–Kier alpha value is -0.620. The second-order valence-corrected chi connectivity index (χ2v) is 12.6. The number of epoxide rings is 2. The number of hydrogen-bond acceptors (Lipinski definition) is 15. The molecular weight excluding hydrogens is 699 g/mol. The quantitative estimate of drug-likeness (QED) is 0.149. The molecule has 236 valence electrons. The summed E-state index contributed by atoms with van der Waals surface area (Å²) < 4.78 is 71.1. The van der Waals surface area contributed by atoms with E-state index < -0.39 is 59.3 Å². The van der Waals surface area contributed by atoms with Crippen molar-refractivity contribution < 1.29 is 70.9 Å². The number of fused-ring (bicyclic) bond motifs is 10. The highest BCUT2D eigenvalue weighted by Gasteiger charge is 2.62. The van der Waals surface area contributed by atoms with Gasteiger partial charge in [-0.2, -0.15) is 8.42 Å². The van der Waals surface area contributed by atoms with Crippen molar-refractivity contribution in [1.82, 2.24) is 0 Å². The van der Waals surface area contributed by atoms with Gasteiger partial charge in [0.05, 0.1) is 24.7 Å². The van der Waals surface area contributed by atoms with Crippen molar-refractivity contribution in [3.63, 3.8) is 0 Å². The number of ether oxygens (including phenoxy) is 8. The van der Waals surface area contributed by atoms with Crippen molar-refractivity contribution in [2.24, 2.45) is 0 Å². The highest BCUT2D eigenvalue weighted by molar-refractivity contribution is 14.0. The summed E-state index contributed by atoms with van der Waals surface area (Å²) in [7, 11) is -4.09. The molecule has 15 nitrogen and oxygen atoms in total. The van der Waals surface area contributed by atoms with Crippen molar-refractivity contribution in [2.45, 2.75) is 104 Å². The Morgan fingerprint density at radius 3 is 1.93 bits per heavy atom. The maximum Gasteiger partial charge on any atom is 0.297 e. The Balaban J connectivity index is 0.000000124. The summed E-state index contributed by atoms with van der Waals surface area (Å²) >= 11 is 0. The predicted molar refractivity (Wildman–Crippen MR) is 144 cm³/mol. The minimum atomic E-state index is -4.09. The van der Waals surface area contributed by atoms with Crippen molar-refractivity contribution in [3.05, 3.63) is 29.8 Å². The number of rotatable bonds is 3. The molecule has 8 aliphatic heterocycles. The summed E-state index contributed by atoms with van der Waals surface area (Å²) in [6.07, 6.45) is -7.23. The highest BCUT2D eigenvalue weighted by Crippen LogP contribution is 2.42. The molecule has 9 rings (SSSR count). The molecule has 0 aromatic heterocycles. The molecule has 8 heterocycles. The molecule has 42 heavy (non-hydrogen) atoms. The maximum atomic E-state index is 12.2. The molecule has 1 aromatic rings. The summed E-state index contributed by atoms with van der Waals surface area (Å²) in [6.45, 7) is 3.01. The minimum absolute atomic E-state index is 0. The van der Waals surface area contributed by atoms with Gasteiger partial charge in [0.15, 0.2) is 25.0 Å². The van der Waals surface area contributed by atoms with Crippen LogP contribution in [0.2, 0.25) is 0 Å². The predicted octanol–water partition coefficient (Wildman–Crippen LogP) is -2.10. The third-order valence-electron chi connectivity index (χ3n) is 8.17. The molecule has 0 spiro atoms. The lowest BCUT2D eigenvalue weighted by Crippen LogP contribution is -2.55. The van der Waals surface area contributed by atoms with Gasteiger partial charge in [0, 0.05) is 0 Å². The van der Waals surface area contributed by atoms with Crippen molar-refractivity contribution in [2.75, 3.05) is 19.8 Å². The molecule has 0 amide bonds. The number of hydrogen-bond donors (Lipinski definition) is 4. The van der Waals surface area contributed by atoms with Gasteiger partial charge in [-0.3, -0.25) is 4.18 Å². The van der Waals surface area contributed by atoms with E-state index in [1.54, 1.807) is 12.1 Å². The van der Waals surface area contributed by atoms with E-state index >= 15 is 0 Å². The van der Waals surface area contributed by atoms with Gasteiger partial charge >= 0.3 is 0 Å². The van der Waals surface area contributed by atoms with Gasteiger partial charge in [-0.1, -0.05) is 17.7 Å². The lowest BCUT2D eigenvalue weighted by molar-refractivity contribution is -0.219. The van der Waals surface area contributed by atoms with Crippen LogP contribution in [0.1, 0.15) is 5.56 Å². The van der Waals surface area contributed by atoms with E-state index in [0.717, 1.165) is 5.56 Å². The van der Waals surface area contributed by atoms with Gasteiger partial charge in [0.1, 0.15) is 67.1 Å². The van der Waals surface area contributed by atoms with Crippen LogP contribution >= 0.6 is 24.0 Å². The third-order valence-corrected chi connectivity index (χ3v) is 9.50. The van der Waals surface area contributed by atoms with E-state index in [9.17, 15) is 28.8 Å². The fraction of sp³-hybridized carbons (Fsp3) is 0.760. The standard InChI is InChI=1S/C13H16O7S.2C6H8O4.HI/c1-7-2-4-8(5-3-7)21(16,17)20-12-11(15)10(14)9-6-18-13(12)19-9;7-3-5-4(10-5)2-1-8-6(3)9-2;7-3-2-1-8-6(9-2)5-4(3)10-5;/h2-5,9-15H,6H2,1H3;2*2-7H,1H2;1H. The molecule has 0 aliphatic carbocycles. The van der Waals surface area contributed by atoms with Gasteiger partial charge in [0.25, 0.3) is 10.1 Å². The molecule has 15 unspecified atom stereocenters. The van der Waals surface area contributed by atoms with Crippen LogP contribution in [0, 0.1) is 6.92 Å². The smallest absolute Gasteiger partial charge is 0.297 e. The molecular formula is C25H33IO15S. The average molecular weight is 732 g/mol. The number of aryl methyl sites for hydroxylation is 1. The first-order valence-corrected chi connectivity index (χ1v) is 14.9. The Bertz CT molecular complexity index is 1180. The van der Waals surface area contributed by atoms with E-state index in [1.807, 2.05) is 6.92 Å². The molecule has 8 saturated heterocycles. The number of aliphatic hydroxyl groups excluding tert-OH is 4. The van der Waals surface area contributed by atoms with Gasteiger partial charge in [-0.05, 0) is 19.1 Å². The van der Waals surface area contributed by atoms with Crippen LogP contribution in [0.3, 0.4) is 0 Å². The van der Waals surface area contributed by atoms with Crippen molar-refractivity contribution >= 4 is 34.1 Å². The van der Waals surface area contributed by atoms with E-state index in [4.69, 9.17) is 42.1 Å². The topological polar surface area (TPSA) is 205 Å². The second-order valence-electron chi connectivity index (χ2n) is 11.0. The van der Waals surface area contributed by atoms with E-state index in [1.165, 1.54) is 12.1 Å². The largest absolute Gasteiger partial charge is 0.387 e. The normalized spacial score (nSPS) is 48.4. The Morgan fingerprint density at radius 2 is 1.19 bits per heavy atom. The zero-order valence-corrected chi connectivity index (χ0v) is 25.3. The number of benzene rings is 1. The highest BCUT2D eigenvalue weighted by atomic mass is 127. The van der Waals surface area contributed by atoms with Crippen LogP contribution in [0.25, 0.3) is 0 Å². The summed E-state index contributed by atoms with van der Waals surface area (Å²) in [5, 5.41) is 38.5. The zero-order chi connectivity index (χ0) is 28.6. The van der Waals surface area contributed by atoms with Crippen LogP contribution in [0.5, 0.6) is 0 Å². The lowest BCUT2D eigenvalue weighted by Gasteiger charge is -2.34. The Morgan fingerprint density at radius 1 is 0.643 bits per heavy atom. The summed E-state index contributed by atoms with van der Waals surface area (Å²) in [5.74, 6) is 0. The molecule has 8 fully saturated rings. The SMILES string of the molecule is Cc1ccc(S(=O)(=O)OC2C3OCC(O3)C(O)C2O)cc1.I.OC1C2COC(O2)C2OC12.OC1C2OCC(O2)C2OC12. The molecule has 1 aromatic carbocycles. The van der Waals surface area contributed by atoms with E-state index in [-0.39, 0.29) is 78.4 Å². The minimum Gasteiger partial charge on any atom is -0.387 e. The molecule has 0 radical (unpaired) electrons. The first-order chi connectivity index (χ1) is 19.6. The number of halogens is 1. The van der Waals surface area contributed by atoms with Gasteiger partial charge < -0.3 is 58.3 Å². The van der Waals surface area contributed by atoms with Gasteiger partial charge in [0.2, 0.25) is 0 Å². The van der Waals surface area contributed by atoms with Crippen molar-refractivity contribution in [1.29, 1.82) is 0 Å². The van der Waals surface area contributed by atoms with Gasteiger partial charge in [-0.25, -0.2) is 0 Å². The zero-order valence-electron chi connectivity index (χ0n) is 22.2. The molecule has 6 bridgehead atoms. The monoisotopic (exact) mass is 732 g/mol. The fourth-order valence-corrected chi connectivity index (χ4v) is 6.74. The second kappa shape index (κ2) is 12.0. The fourth-order valence-electron chi connectivity index (χ4n) is 5.67. The van der Waals surface area contributed by atoms with E-state index in [0.29, 0.717) is 13.2 Å². The summed E-state index contributed by atoms with van der Waals surface area (Å²) in [4.78, 5) is -0.0325. The summed E-state index contributed by atoms with van der Waals surface area (Å²) in [6, 6.07) is 6.10. The Kier molecular flexibility index (Phi) is 8.93. The Labute approximate surface area is 258 Å². The van der Waals surface area contributed by atoms with Crippen LogP contribution < -0.4 is 0 Å². The van der Waals surface area contributed by atoms with Gasteiger partial charge in [-0.15, -0.1) is 24.0 Å². The molecule has 8 aliphatic rings. The van der Waals surface area contributed by atoms with Crippen LogP contribution in [0.4, 0.5) is 0 Å². The van der Waals surface area contributed by atoms with Crippen LogP contribution in [-0.4, -0.2) is 141 Å². The molecule has 15 atom stereocenters. The number of aliphatic hydroxyl groups is 4. The molecule has 4 N–H and O–H groups in total. The lowest BCUT2D eigenvalue weighted by atomic mass is 10.0. The van der Waals surface area contributed by atoms with Crippen LogP contribution in [0.15, 0.2) is 29.2 Å². The molecule has 0 saturated carbocycles. The first kappa shape index (κ1) is 31.4. The van der Waals surface area contributed by atoms with Crippen molar-refractivity contribution in [3.8, 4) is 0 Å². The molecule has 17 heteroatoms.